The molecule has 1 aromatic rings. The van der Waals surface area contributed by atoms with E-state index in [0.717, 1.165) is 23.6 Å². The third-order valence-corrected chi connectivity index (χ3v) is 7.96. The summed E-state index contributed by atoms with van der Waals surface area (Å²) in [7, 11) is 1.80. The van der Waals surface area contributed by atoms with Crippen molar-refractivity contribution >= 4 is 11.9 Å². The Morgan fingerprint density at radius 2 is 1.79 bits per heavy atom. The number of carboxylic acids is 2. The topological polar surface area (TPSA) is 128 Å². The fourth-order valence-electron chi connectivity index (χ4n) is 6.16. The molecule has 8 heteroatoms. The molecule has 0 aromatic heterocycles. The second-order valence-corrected chi connectivity index (χ2v) is 10.3. The number of aliphatic hydroxyl groups is 2. The van der Waals surface area contributed by atoms with Crippen LogP contribution in [0.3, 0.4) is 0 Å². The zero-order chi connectivity index (χ0) is 25.0. The highest BCUT2D eigenvalue weighted by molar-refractivity contribution is 5.83. The van der Waals surface area contributed by atoms with Crippen molar-refractivity contribution in [2.75, 3.05) is 20.2 Å². The van der Waals surface area contributed by atoms with Gasteiger partial charge >= 0.3 is 11.9 Å². The highest BCUT2D eigenvalue weighted by Crippen LogP contribution is 2.56. The van der Waals surface area contributed by atoms with Crippen LogP contribution in [0, 0.1) is 11.8 Å². The Bertz CT molecular complexity index is 855. The molecule has 5 atom stereocenters. The number of nitrogens with zero attached hydrogens (tertiary/aromatic N) is 1. The first-order chi connectivity index (χ1) is 16.1. The molecule has 8 nitrogen and oxygen atoms in total. The Morgan fingerprint density at radius 1 is 1.12 bits per heavy atom. The number of piperidine rings is 1. The number of methoxy groups -OCH3 is 1. The Hall–Kier alpha value is -2.16. The van der Waals surface area contributed by atoms with Gasteiger partial charge in [0.1, 0.15) is 5.75 Å². The molecular weight excluding hydrogens is 438 g/mol. The van der Waals surface area contributed by atoms with Gasteiger partial charge in [0, 0.05) is 11.5 Å². The van der Waals surface area contributed by atoms with Crippen molar-refractivity contribution in [2.45, 2.75) is 82.5 Å². The van der Waals surface area contributed by atoms with Gasteiger partial charge in [0.2, 0.25) is 0 Å². The van der Waals surface area contributed by atoms with Gasteiger partial charge in [-0.25, -0.2) is 9.59 Å². The van der Waals surface area contributed by atoms with Gasteiger partial charge in [-0.3, -0.25) is 4.90 Å². The van der Waals surface area contributed by atoms with Crippen LogP contribution in [0.25, 0.3) is 0 Å². The van der Waals surface area contributed by atoms with Crippen LogP contribution in [0.1, 0.15) is 63.5 Å². The first-order valence-corrected chi connectivity index (χ1v) is 12.3. The average molecular weight is 478 g/mol. The molecular formula is C26H39NO7. The number of carbonyl (C=O) groups is 2. The maximum atomic E-state index is 9.77. The van der Waals surface area contributed by atoms with E-state index in [9.17, 15) is 9.59 Å². The molecule has 1 saturated heterocycles. The minimum atomic E-state index is -2.27. The SMILES string of the molecule is COc1ccc2c(c1)[C@@]13CCCC[C@H]1[C@@H](C2)N(CCC(C)C)CC3.O=C(O)[C@H](O)[C@@H](O)C(=O)O. The maximum Gasteiger partial charge on any atom is 0.335 e. The standard InChI is InChI=1S/C22H33NO.C4H6O6/c1-16(2)9-12-23-13-11-22-10-5-4-6-19(22)21(23)14-17-7-8-18(24-3)15-20(17)22;5-1(3(7)8)2(6)4(9)10/h7-8,15-16,19,21H,4-6,9-14H2,1-3H3;1-2,5-6H,(H,7,8)(H,9,10)/t19-,21+,22+;1-,2-/m01/s1. The predicted molar refractivity (Wildman–Crippen MR) is 127 cm³/mol. The molecule has 0 unspecified atom stereocenters. The second-order valence-electron chi connectivity index (χ2n) is 10.3. The molecule has 4 rings (SSSR count). The average Bonchev–Trinajstić information content (AvgIpc) is 2.82. The Balaban J connectivity index is 0.000000277. The lowest BCUT2D eigenvalue weighted by atomic mass is 9.52. The zero-order valence-electron chi connectivity index (χ0n) is 20.4. The van der Waals surface area contributed by atoms with E-state index >= 15 is 0 Å². The van der Waals surface area contributed by atoms with Crippen molar-refractivity contribution in [1.29, 1.82) is 0 Å². The molecule has 2 bridgehead atoms. The molecule has 0 radical (unpaired) electrons. The molecule has 1 saturated carbocycles. The van der Waals surface area contributed by atoms with E-state index in [1.807, 2.05) is 0 Å². The summed E-state index contributed by atoms with van der Waals surface area (Å²) in [5.41, 5.74) is 3.69. The summed E-state index contributed by atoms with van der Waals surface area (Å²) in [5.74, 6) is -0.812. The van der Waals surface area contributed by atoms with E-state index in [1.165, 1.54) is 58.0 Å². The molecule has 3 aliphatic rings. The summed E-state index contributed by atoms with van der Waals surface area (Å²) >= 11 is 0. The third-order valence-electron chi connectivity index (χ3n) is 7.96. The van der Waals surface area contributed by atoms with E-state index in [4.69, 9.17) is 25.2 Å². The van der Waals surface area contributed by atoms with Gasteiger partial charge < -0.3 is 25.2 Å². The summed E-state index contributed by atoms with van der Waals surface area (Å²) in [6.07, 6.45) is 5.08. The molecule has 190 valence electrons. The number of rotatable bonds is 7. The number of hydrogen-bond donors (Lipinski definition) is 4. The smallest absolute Gasteiger partial charge is 0.335 e. The van der Waals surface area contributed by atoms with Crippen LogP contribution in [-0.4, -0.2) is 75.7 Å². The van der Waals surface area contributed by atoms with E-state index in [0.29, 0.717) is 5.41 Å². The highest BCUT2D eigenvalue weighted by Gasteiger charge is 2.53. The van der Waals surface area contributed by atoms with Crippen LogP contribution in [0.2, 0.25) is 0 Å². The van der Waals surface area contributed by atoms with Crippen LogP contribution >= 0.6 is 0 Å². The first-order valence-electron chi connectivity index (χ1n) is 12.3. The van der Waals surface area contributed by atoms with Crippen molar-refractivity contribution in [3.63, 3.8) is 0 Å². The van der Waals surface area contributed by atoms with Gasteiger partial charge in [-0.1, -0.05) is 32.8 Å². The molecule has 1 aliphatic heterocycles. The Morgan fingerprint density at radius 3 is 2.38 bits per heavy atom. The van der Waals surface area contributed by atoms with Crippen LogP contribution in [0.15, 0.2) is 18.2 Å². The largest absolute Gasteiger partial charge is 0.497 e. The number of aliphatic hydroxyl groups excluding tert-OH is 2. The van der Waals surface area contributed by atoms with Crippen molar-refractivity contribution in [2.24, 2.45) is 11.8 Å². The number of ether oxygens (including phenoxy) is 1. The minimum Gasteiger partial charge on any atom is -0.497 e. The van der Waals surface area contributed by atoms with E-state index in [-0.39, 0.29) is 0 Å². The molecule has 2 fully saturated rings. The normalized spacial score (nSPS) is 27.5. The van der Waals surface area contributed by atoms with Crippen LogP contribution in [-0.2, 0) is 21.4 Å². The lowest BCUT2D eigenvalue weighted by Crippen LogP contribution is -2.61. The molecule has 34 heavy (non-hydrogen) atoms. The van der Waals surface area contributed by atoms with Crippen molar-refractivity contribution < 1.29 is 34.8 Å². The molecule has 0 amide bonds. The van der Waals surface area contributed by atoms with Crippen molar-refractivity contribution in [1.82, 2.24) is 4.90 Å². The summed E-state index contributed by atoms with van der Waals surface area (Å²) < 4.78 is 5.57. The quantitative estimate of drug-likeness (QED) is 0.472. The first kappa shape index (κ1) is 26.4. The molecule has 4 N–H and O–H groups in total. The van der Waals surface area contributed by atoms with E-state index in [2.05, 4.69) is 36.9 Å². The molecule has 1 aromatic carbocycles. The van der Waals surface area contributed by atoms with Crippen LogP contribution < -0.4 is 4.74 Å². The van der Waals surface area contributed by atoms with Gasteiger partial charge in [0.05, 0.1) is 7.11 Å². The van der Waals surface area contributed by atoms with Gasteiger partial charge in [-0.2, -0.15) is 0 Å². The highest BCUT2D eigenvalue weighted by atomic mass is 16.5. The second kappa shape index (κ2) is 11.1. The number of likely N-dealkylation sites (tertiary alicyclic amines) is 1. The van der Waals surface area contributed by atoms with Crippen molar-refractivity contribution in [3.05, 3.63) is 29.3 Å². The predicted octanol–water partition coefficient (Wildman–Crippen LogP) is 2.68. The van der Waals surface area contributed by atoms with E-state index < -0.39 is 24.1 Å². The third kappa shape index (κ3) is 5.39. The van der Waals surface area contributed by atoms with Crippen molar-refractivity contribution in [3.8, 4) is 5.75 Å². The number of fused-ring (bicyclic) bond motifs is 1. The number of benzene rings is 1. The Labute approximate surface area is 201 Å². The van der Waals surface area contributed by atoms with Gasteiger partial charge in [0.15, 0.2) is 12.2 Å². The monoisotopic (exact) mass is 477 g/mol. The van der Waals surface area contributed by atoms with E-state index in [1.54, 1.807) is 18.2 Å². The summed E-state index contributed by atoms with van der Waals surface area (Å²) in [6, 6.07) is 7.69. The molecule has 2 aliphatic carbocycles. The number of carboxylic acid groups (broad SMARTS) is 2. The fraction of sp³-hybridized carbons (Fsp3) is 0.692. The number of aliphatic carboxylic acids is 2. The summed E-state index contributed by atoms with van der Waals surface area (Å²) in [4.78, 5) is 22.4. The molecule has 0 spiro atoms. The summed E-state index contributed by atoms with van der Waals surface area (Å²) in [6.45, 7) is 7.31. The minimum absolute atomic E-state index is 0.444. The van der Waals surface area contributed by atoms with Gasteiger partial charge in [-0.05, 0) is 80.3 Å². The molecule has 1 heterocycles. The van der Waals surface area contributed by atoms with Crippen LogP contribution in [0.5, 0.6) is 5.75 Å². The fourth-order valence-corrected chi connectivity index (χ4v) is 6.16. The summed E-state index contributed by atoms with van der Waals surface area (Å²) in [5, 5.41) is 32.5. The van der Waals surface area contributed by atoms with Gasteiger partial charge in [0.25, 0.3) is 0 Å². The lowest BCUT2D eigenvalue weighted by Gasteiger charge is -2.59. The Kier molecular flexibility index (Phi) is 8.60. The lowest BCUT2D eigenvalue weighted by molar-refractivity contribution is -0.165. The maximum absolute atomic E-state index is 9.77. The van der Waals surface area contributed by atoms with Crippen LogP contribution in [0.4, 0.5) is 0 Å². The van der Waals surface area contributed by atoms with Gasteiger partial charge in [-0.15, -0.1) is 0 Å². The zero-order valence-corrected chi connectivity index (χ0v) is 20.4. The number of hydrogen-bond acceptors (Lipinski definition) is 6.